The first kappa shape index (κ1) is 16.9. The second kappa shape index (κ2) is 7.70. The summed E-state index contributed by atoms with van der Waals surface area (Å²) in [5.41, 5.74) is 2.39. The molecule has 0 saturated carbocycles. The maximum atomic E-state index is 12.0. The zero-order valence-corrected chi connectivity index (χ0v) is 14.0. The topological polar surface area (TPSA) is 47.6 Å². The van der Waals surface area contributed by atoms with Gasteiger partial charge >= 0.3 is 0 Å². The molecule has 0 atom stereocenters. The molecule has 2 aromatic rings. The summed E-state index contributed by atoms with van der Waals surface area (Å²) in [6, 6.07) is 10.8. The van der Waals surface area contributed by atoms with Gasteiger partial charge in [0.1, 0.15) is 11.5 Å². The molecule has 2 rings (SSSR count). The van der Waals surface area contributed by atoms with Gasteiger partial charge in [0, 0.05) is 17.7 Å². The quantitative estimate of drug-likeness (QED) is 0.830. The molecule has 0 saturated heterocycles. The number of rotatable bonds is 5. The van der Waals surface area contributed by atoms with E-state index in [4.69, 9.17) is 21.1 Å². The molecule has 5 heteroatoms. The predicted octanol–water partition coefficient (Wildman–Crippen LogP) is 4.32. The van der Waals surface area contributed by atoms with Crippen molar-refractivity contribution in [3.8, 4) is 11.5 Å². The number of hydrogen-bond acceptors (Lipinski definition) is 3. The summed E-state index contributed by atoms with van der Waals surface area (Å²) < 4.78 is 10.4. The Morgan fingerprint density at radius 1 is 1.13 bits per heavy atom. The van der Waals surface area contributed by atoms with Crippen LogP contribution in [-0.2, 0) is 4.79 Å². The molecule has 120 valence electrons. The summed E-state index contributed by atoms with van der Waals surface area (Å²) in [6.07, 6.45) is 3.11. The molecular weight excluding hydrogens is 314 g/mol. The Kier molecular flexibility index (Phi) is 5.66. The highest BCUT2D eigenvalue weighted by molar-refractivity contribution is 6.33. The van der Waals surface area contributed by atoms with Gasteiger partial charge < -0.3 is 14.8 Å². The highest BCUT2D eigenvalue weighted by atomic mass is 35.5. The summed E-state index contributed by atoms with van der Waals surface area (Å²) in [4.78, 5) is 12.0. The van der Waals surface area contributed by atoms with Crippen LogP contribution < -0.4 is 14.8 Å². The average Bonchev–Trinajstić information content (AvgIpc) is 2.55. The highest BCUT2D eigenvalue weighted by Crippen LogP contribution is 2.26. The van der Waals surface area contributed by atoms with Gasteiger partial charge in [-0.15, -0.1) is 0 Å². The molecule has 0 radical (unpaired) electrons. The first-order valence-electron chi connectivity index (χ1n) is 7.00. The van der Waals surface area contributed by atoms with E-state index in [9.17, 15) is 4.79 Å². The molecule has 0 aliphatic carbocycles. The van der Waals surface area contributed by atoms with Crippen LogP contribution in [0.1, 0.15) is 11.1 Å². The van der Waals surface area contributed by atoms with E-state index in [0.717, 1.165) is 11.1 Å². The Labute approximate surface area is 140 Å². The number of carbonyl (C=O) groups excluding carboxylic acids is 1. The van der Waals surface area contributed by atoms with Crippen molar-refractivity contribution in [1.82, 2.24) is 0 Å². The maximum Gasteiger partial charge on any atom is 0.248 e. The minimum atomic E-state index is -0.270. The normalized spacial score (nSPS) is 10.6. The maximum absolute atomic E-state index is 12.0. The fourth-order valence-corrected chi connectivity index (χ4v) is 2.30. The van der Waals surface area contributed by atoms with Crippen LogP contribution in [0.25, 0.3) is 6.08 Å². The first-order valence-corrected chi connectivity index (χ1v) is 7.38. The van der Waals surface area contributed by atoms with Gasteiger partial charge in [0.25, 0.3) is 0 Å². The summed E-state index contributed by atoms with van der Waals surface area (Å²) in [7, 11) is 3.15. The Bertz CT molecular complexity index is 741. The minimum absolute atomic E-state index is 0.270. The Balaban J connectivity index is 2.12. The van der Waals surface area contributed by atoms with Crippen LogP contribution in [0, 0.1) is 6.92 Å². The highest BCUT2D eigenvalue weighted by Gasteiger charge is 2.05. The number of aryl methyl sites for hydroxylation is 1. The van der Waals surface area contributed by atoms with Crippen molar-refractivity contribution in [3.05, 3.63) is 58.6 Å². The fourth-order valence-electron chi connectivity index (χ4n) is 2.02. The van der Waals surface area contributed by atoms with Gasteiger partial charge in [-0.2, -0.15) is 0 Å². The summed E-state index contributed by atoms with van der Waals surface area (Å²) in [6.45, 7) is 1.94. The molecule has 0 aliphatic rings. The number of anilines is 1. The van der Waals surface area contributed by atoms with Crippen LogP contribution >= 0.6 is 11.6 Å². The number of carbonyl (C=O) groups is 1. The Hall–Kier alpha value is -2.46. The van der Waals surface area contributed by atoms with E-state index in [0.29, 0.717) is 22.2 Å². The summed E-state index contributed by atoms with van der Waals surface area (Å²) in [5, 5.41) is 3.25. The van der Waals surface area contributed by atoms with E-state index < -0.39 is 0 Å². The standard InChI is InChI=1S/C18H18ClNO3/c1-12-4-8-16(15(19)10-12)20-18(21)9-6-13-5-7-14(22-2)11-17(13)23-3/h4-11H,1-3H3,(H,20,21)/b9-6+. The summed E-state index contributed by atoms with van der Waals surface area (Å²) >= 11 is 6.10. The second-order valence-electron chi connectivity index (χ2n) is 4.91. The third kappa shape index (κ3) is 4.50. The first-order chi connectivity index (χ1) is 11.0. The van der Waals surface area contributed by atoms with Gasteiger partial charge in [0.05, 0.1) is 24.9 Å². The number of benzene rings is 2. The van der Waals surface area contributed by atoms with Crippen LogP contribution in [-0.4, -0.2) is 20.1 Å². The van der Waals surface area contributed by atoms with Crippen LogP contribution in [0.15, 0.2) is 42.5 Å². The molecule has 2 aromatic carbocycles. The zero-order chi connectivity index (χ0) is 16.8. The van der Waals surface area contributed by atoms with Crippen molar-refractivity contribution in [3.63, 3.8) is 0 Å². The van der Waals surface area contributed by atoms with Gasteiger partial charge in [-0.25, -0.2) is 0 Å². The predicted molar refractivity (Wildman–Crippen MR) is 93.4 cm³/mol. The van der Waals surface area contributed by atoms with Gasteiger partial charge in [-0.1, -0.05) is 17.7 Å². The number of nitrogens with one attached hydrogen (secondary N) is 1. The van der Waals surface area contributed by atoms with Crippen molar-refractivity contribution >= 4 is 29.3 Å². The lowest BCUT2D eigenvalue weighted by Gasteiger charge is -2.08. The molecule has 0 spiro atoms. The third-order valence-corrected chi connectivity index (χ3v) is 3.55. The van der Waals surface area contributed by atoms with E-state index in [1.807, 2.05) is 19.1 Å². The molecule has 0 aromatic heterocycles. The molecule has 0 fully saturated rings. The van der Waals surface area contributed by atoms with Crippen molar-refractivity contribution in [2.75, 3.05) is 19.5 Å². The molecular formula is C18H18ClNO3. The molecule has 0 heterocycles. The lowest BCUT2D eigenvalue weighted by atomic mass is 10.1. The number of amides is 1. The van der Waals surface area contributed by atoms with Crippen molar-refractivity contribution in [1.29, 1.82) is 0 Å². The molecule has 0 bridgehead atoms. The Morgan fingerprint density at radius 2 is 1.91 bits per heavy atom. The molecule has 4 nitrogen and oxygen atoms in total. The second-order valence-corrected chi connectivity index (χ2v) is 5.32. The van der Waals surface area contributed by atoms with E-state index >= 15 is 0 Å². The molecule has 0 unspecified atom stereocenters. The largest absolute Gasteiger partial charge is 0.497 e. The number of halogens is 1. The van der Waals surface area contributed by atoms with Crippen LogP contribution in [0.2, 0.25) is 5.02 Å². The van der Waals surface area contributed by atoms with Crippen LogP contribution in [0.3, 0.4) is 0 Å². The lowest BCUT2D eigenvalue weighted by molar-refractivity contribution is -0.111. The number of hydrogen-bond donors (Lipinski definition) is 1. The zero-order valence-electron chi connectivity index (χ0n) is 13.2. The van der Waals surface area contributed by atoms with Crippen molar-refractivity contribution in [2.24, 2.45) is 0 Å². The van der Waals surface area contributed by atoms with E-state index in [-0.39, 0.29) is 5.91 Å². The monoisotopic (exact) mass is 331 g/mol. The Morgan fingerprint density at radius 3 is 2.57 bits per heavy atom. The molecule has 1 N–H and O–H groups in total. The van der Waals surface area contributed by atoms with Gasteiger partial charge in [-0.05, 0) is 42.8 Å². The van der Waals surface area contributed by atoms with E-state index in [1.165, 1.54) is 6.08 Å². The SMILES string of the molecule is COc1ccc(/C=C/C(=O)Nc2ccc(C)cc2Cl)c(OC)c1. The molecule has 23 heavy (non-hydrogen) atoms. The summed E-state index contributed by atoms with van der Waals surface area (Å²) in [5.74, 6) is 1.05. The van der Waals surface area contributed by atoms with Gasteiger partial charge in [-0.3, -0.25) is 4.79 Å². The average molecular weight is 332 g/mol. The van der Waals surface area contributed by atoms with E-state index in [1.54, 1.807) is 44.6 Å². The van der Waals surface area contributed by atoms with Crippen molar-refractivity contribution < 1.29 is 14.3 Å². The van der Waals surface area contributed by atoms with Crippen molar-refractivity contribution in [2.45, 2.75) is 6.92 Å². The fraction of sp³-hybridized carbons (Fsp3) is 0.167. The number of ether oxygens (including phenoxy) is 2. The van der Waals surface area contributed by atoms with E-state index in [2.05, 4.69) is 5.32 Å². The van der Waals surface area contributed by atoms with Gasteiger partial charge in [0.2, 0.25) is 5.91 Å². The third-order valence-electron chi connectivity index (χ3n) is 3.24. The lowest BCUT2D eigenvalue weighted by Crippen LogP contribution is -2.08. The van der Waals surface area contributed by atoms with Gasteiger partial charge in [0.15, 0.2) is 0 Å². The number of methoxy groups -OCH3 is 2. The molecule has 1 amide bonds. The van der Waals surface area contributed by atoms with Crippen LogP contribution in [0.5, 0.6) is 11.5 Å². The minimum Gasteiger partial charge on any atom is -0.497 e. The van der Waals surface area contributed by atoms with Crippen LogP contribution in [0.4, 0.5) is 5.69 Å². The smallest absolute Gasteiger partial charge is 0.248 e. The molecule has 0 aliphatic heterocycles.